The lowest BCUT2D eigenvalue weighted by Gasteiger charge is -2.22. The van der Waals surface area contributed by atoms with Crippen LogP contribution in [0.15, 0.2) is 0 Å². The van der Waals surface area contributed by atoms with Crippen molar-refractivity contribution in [2.24, 2.45) is 11.8 Å². The van der Waals surface area contributed by atoms with Gasteiger partial charge in [0.2, 0.25) is 0 Å². The molecule has 6 nitrogen and oxygen atoms in total. The molecule has 0 rings (SSSR count). The van der Waals surface area contributed by atoms with Crippen molar-refractivity contribution in [3.8, 4) is 0 Å². The third-order valence-electron chi connectivity index (χ3n) is 2.82. The van der Waals surface area contributed by atoms with Gasteiger partial charge in [-0.1, -0.05) is 13.8 Å². The Kier molecular flexibility index (Phi) is 7.35. The Labute approximate surface area is 109 Å². The van der Waals surface area contributed by atoms with Crippen LogP contribution in [0.25, 0.3) is 0 Å². The van der Waals surface area contributed by atoms with E-state index < -0.39 is 11.9 Å². The average Bonchev–Trinajstić information content (AvgIpc) is 2.24. The number of nitrogens with zero attached hydrogens (tertiary/aromatic N) is 2. The first-order chi connectivity index (χ1) is 8.25. The highest BCUT2D eigenvalue weighted by molar-refractivity contribution is 5.75. The topological polar surface area (TPSA) is 72.9 Å². The Morgan fingerprint density at radius 2 is 1.72 bits per heavy atom. The molecule has 18 heavy (non-hydrogen) atoms. The van der Waals surface area contributed by atoms with Crippen LogP contribution >= 0.6 is 0 Å². The zero-order valence-electron chi connectivity index (χ0n) is 11.9. The van der Waals surface area contributed by atoms with Gasteiger partial charge in [-0.05, 0) is 20.0 Å². The van der Waals surface area contributed by atoms with Gasteiger partial charge in [-0.3, -0.25) is 4.79 Å². The normalized spacial score (nSPS) is 12.6. The number of amides is 2. The zero-order chi connectivity index (χ0) is 14.3. The second kappa shape index (κ2) is 7.92. The summed E-state index contributed by atoms with van der Waals surface area (Å²) in [6.45, 7) is 5.22. The summed E-state index contributed by atoms with van der Waals surface area (Å²) < 4.78 is 0. The van der Waals surface area contributed by atoms with E-state index in [1.807, 2.05) is 32.8 Å². The van der Waals surface area contributed by atoms with Gasteiger partial charge < -0.3 is 20.2 Å². The number of likely N-dealkylation sites (N-methyl/N-ethyl adjacent to an activating group) is 2. The molecule has 0 heterocycles. The molecule has 0 fully saturated rings. The van der Waals surface area contributed by atoms with Gasteiger partial charge in [0.25, 0.3) is 0 Å². The van der Waals surface area contributed by atoms with Crippen molar-refractivity contribution < 1.29 is 14.7 Å². The Morgan fingerprint density at radius 3 is 2.11 bits per heavy atom. The average molecular weight is 259 g/mol. The van der Waals surface area contributed by atoms with E-state index in [0.717, 1.165) is 6.54 Å². The van der Waals surface area contributed by atoms with E-state index in [1.165, 1.54) is 0 Å². The smallest absolute Gasteiger partial charge is 0.317 e. The van der Waals surface area contributed by atoms with Crippen LogP contribution in [0.3, 0.4) is 0 Å². The second-order valence-electron chi connectivity index (χ2n) is 5.10. The van der Waals surface area contributed by atoms with Gasteiger partial charge in [-0.25, -0.2) is 4.79 Å². The van der Waals surface area contributed by atoms with Gasteiger partial charge in [0.15, 0.2) is 0 Å². The van der Waals surface area contributed by atoms with E-state index in [2.05, 4.69) is 5.32 Å². The molecule has 2 amide bonds. The van der Waals surface area contributed by atoms with Crippen molar-refractivity contribution in [2.75, 3.05) is 40.8 Å². The Morgan fingerprint density at radius 1 is 1.17 bits per heavy atom. The highest BCUT2D eigenvalue weighted by atomic mass is 16.4. The van der Waals surface area contributed by atoms with Crippen molar-refractivity contribution in [1.29, 1.82) is 0 Å². The van der Waals surface area contributed by atoms with Crippen molar-refractivity contribution in [3.05, 3.63) is 0 Å². The van der Waals surface area contributed by atoms with E-state index in [9.17, 15) is 9.59 Å². The maximum absolute atomic E-state index is 11.7. The van der Waals surface area contributed by atoms with Gasteiger partial charge in [-0.15, -0.1) is 0 Å². The summed E-state index contributed by atoms with van der Waals surface area (Å²) in [5, 5.41) is 11.7. The number of carboxylic acids is 1. The molecular formula is C12H25N3O3. The molecule has 0 aromatic heterocycles. The molecular weight excluding hydrogens is 234 g/mol. The van der Waals surface area contributed by atoms with Crippen molar-refractivity contribution in [2.45, 2.75) is 13.8 Å². The predicted molar refractivity (Wildman–Crippen MR) is 70.5 cm³/mol. The van der Waals surface area contributed by atoms with Crippen LogP contribution in [0, 0.1) is 11.8 Å². The number of hydrogen-bond acceptors (Lipinski definition) is 3. The lowest BCUT2D eigenvalue weighted by molar-refractivity contribution is -0.142. The van der Waals surface area contributed by atoms with Gasteiger partial charge in [0.05, 0.1) is 5.92 Å². The van der Waals surface area contributed by atoms with E-state index in [0.29, 0.717) is 6.54 Å². The highest BCUT2D eigenvalue weighted by Gasteiger charge is 2.22. The number of nitrogens with one attached hydrogen (secondary N) is 1. The summed E-state index contributed by atoms with van der Waals surface area (Å²) >= 11 is 0. The van der Waals surface area contributed by atoms with Gasteiger partial charge >= 0.3 is 12.0 Å². The number of carboxylic acid groups (broad SMARTS) is 1. The summed E-state index contributed by atoms with van der Waals surface area (Å²) in [7, 11) is 5.57. The highest BCUT2D eigenvalue weighted by Crippen LogP contribution is 2.09. The fourth-order valence-electron chi connectivity index (χ4n) is 1.39. The summed E-state index contributed by atoms with van der Waals surface area (Å²) in [4.78, 5) is 26.2. The van der Waals surface area contributed by atoms with Crippen LogP contribution in [0.4, 0.5) is 4.79 Å². The molecule has 2 N–H and O–H groups in total. The van der Waals surface area contributed by atoms with Crippen molar-refractivity contribution >= 4 is 12.0 Å². The standard InChI is InChI=1S/C12H25N3O3/c1-9(2)10(11(16)17)8-13-12(18)15(5)7-6-14(3)4/h9-10H,6-8H2,1-5H3,(H,13,18)(H,16,17). The van der Waals surface area contributed by atoms with E-state index in [1.54, 1.807) is 11.9 Å². The van der Waals surface area contributed by atoms with E-state index >= 15 is 0 Å². The predicted octanol–water partition coefficient (Wildman–Crippen LogP) is 0.546. The third kappa shape index (κ3) is 6.44. The summed E-state index contributed by atoms with van der Waals surface area (Å²) in [6, 6.07) is -0.233. The number of carbonyl (C=O) groups is 2. The molecule has 0 radical (unpaired) electrons. The first-order valence-corrected chi connectivity index (χ1v) is 6.12. The van der Waals surface area contributed by atoms with Crippen molar-refractivity contribution in [3.63, 3.8) is 0 Å². The molecule has 0 aliphatic carbocycles. The number of hydrogen-bond donors (Lipinski definition) is 2. The van der Waals surface area contributed by atoms with Crippen LogP contribution in [-0.4, -0.2) is 67.7 Å². The first kappa shape index (κ1) is 16.7. The molecule has 6 heteroatoms. The number of urea groups is 1. The Bertz CT molecular complexity index is 280. The van der Waals surface area contributed by atoms with Crippen molar-refractivity contribution in [1.82, 2.24) is 15.1 Å². The molecule has 0 spiro atoms. The molecule has 106 valence electrons. The quantitative estimate of drug-likeness (QED) is 0.700. The monoisotopic (exact) mass is 259 g/mol. The molecule has 0 aliphatic heterocycles. The summed E-state index contributed by atoms with van der Waals surface area (Å²) in [6.07, 6.45) is 0. The second-order valence-corrected chi connectivity index (χ2v) is 5.10. The molecule has 1 unspecified atom stereocenters. The molecule has 0 saturated heterocycles. The lowest BCUT2D eigenvalue weighted by Crippen LogP contribution is -2.44. The number of aliphatic carboxylic acids is 1. The lowest BCUT2D eigenvalue weighted by atomic mass is 9.96. The minimum atomic E-state index is -0.874. The molecule has 0 aromatic carbocycles. The third-order valence-corrected chi connectivity index (χ3v) is 2.82. The SMILES string of the molecule is CC(C)C(CNC(=O)N(C)CCN(C)C)C(=O)O. The molecule has 1 atom stereocenters. The number of rotatable bonds is 7. The van der Waals surface area contributed by atoms with Crippen LogP contribution in [0.5, 0.6) is 0 Å². The van der Waals surface area contributed by atoms with E-state index in [4.69, 9.17) is 5.11 Å². The van der Waals surface area contributed by atoms with Crippen LogP contribution in [0.2, 0.25) is 0 Å². The fourth-order valence-corrected chi connectivity index (χ4v) is 1.39. The maximum atomic E-state index is 11.7. The zero-order valence-corrected chi connectivity index (χ0v) is 11.9. The Hall–Kier alpha value is -1.30. The summed E-state index contributed by atoms with van der Waals surface area (Å²) in [5.41, 5.74) is 0. The van der Waals surface area contributed by atoms with Gasteiger partial charge in [0, 0.05) is 26.7 Å². The minimum absolute atomic E-state index is 0.00474. The van der Waals surface area contributed by atoms with Gasteiger partial charge in [0.1, 0.15) is 0 Å². The minimum Gasteiger partial charge on any atom is -0.481 e. The number of carbonyl (C=O) groups excluding carboxylic acids is 1. The van der Waals surface area contributed by atoms with Crippen LogP contribution in [-0.2, 0) is 4.79 Å². The van der Waals surface area contributed by atoms with E-state index in [-0.39, 0.29) is 18.5 Å². The molecule has 0 aliphatic rings. The molecule has 0 bridgehead atoms. The fraction of sp³-hybridized carbons (Fsp3) is 0.833. The van der Waals surface area contributed by atoms with Gasteiger partial charge in [-0.2, -0.15) is 0 Å². The molecule has 0 saturated carbocycles. The molecule has 0 aromatic rings. The first-order valence-electron chi connectivity index (χ1n) is 6.12. The Balaban J connectivity index is 4.11. The summed E-state index contributed by atoms with van der Waals surface area (Å²) in [5.74, 6) is -1.42. The maximum Gasteiger partial charge on any atom is 0.317 e. The van der Waals surface area contributed by atoms with Crippen LogP contribution < -0.4 is 5.32 Å². The largest absolute Gasteiger partial charge is 0.481 e. The van der Waals surface area contributed by atoms with Crippen LogP contribution in [0.1, 0.15) is 13.8 Å².